The van der Waals surface area contributed by atoms with Crippen molar-refractivity contribution in [2.75, 3.05) is 11.9 Å². The first-order chi connectivity index (χ1) is 9.97. The van der Waals surface area contributed by atoms with Gasteiger partial charge >= 0.3 is 0 Å². The maximum absolute atomic E-state index is 12.0. The zero-order valence-electron chi connectivity index (χ0n) is 10.7. The molecule has 1 heterocycles. The number of carbonyl (C=O) groups is 1. The van der Waals surface area contributed by atoms with Gasteiger partial charge in [0.15, 0.2) is 0 Å². The Labute approximate surface area is 129 Å². The van der Waals surface area contributed by atoms with Gasteiger partial charge in [-0.15, -0.1) is 0 Å². The van der Waals surface area contributed by atoms with Crippen LogP contribution in [0.3, 0.4) is 0 Å². The normalized spacial score (nSPS) is 11.3. The Bertz CT molecular complexity index is 700. The fourth-order valence-electron chi connectivity index (χ4n) is 1.46. The first-order valence-electron chi connectivity index (χ1n) is 5.88. The van der Waals surface area contributed by atoms with Gasteiger partial charge in [-0.1, -0.05) is 15.9 Å². The molecule has 0 unspecified atom stereocenters. The molecule has 0 aliphatic rings. The second-order valence-corrected chi connectivity index (χ2v) is 6.67. The Morgan fingerprint density at radius 2 is 2.00 bits per heavy atom. The second kappa shape index (κ2) is 6.78. The van der Waals surface area contributed by atoms with Gasteiger partial charge in [0.2, 0.25) is 21.9 Å². The Balaban J connectivity index is 1.84. The molecule has 0 saturated heterocycles. The number of carbonyl (C=O) groups excluding carboxylic acids is 1. The lowest BCUT2D eigenvalue weighted by molar-refractivity contribution is -0.116. The summed E-state index contributed by atoms with van der Waals surface area (Å²) in [6.07, 6.45) is 1.24. The molecule has 1 aromatic carbocycles. The van der Waals surface area contributed by atoms with Gasteiger partial charge < -0.3 is 0 Å². The molecule has 0 spiro atoms. The summed E-state index contributed by atoms with van der Waals surface area (Å²) in [5, 5.41) is 8.49. The van der Waals surface area contributed by atoms with Crippen LogP contribution in [0, 0.1) is 0 Å². The summed E-state index contributed by atoms with van der Waals surface area (Å²) in [4.78, 5) is 15.4. The average Bonchev–Trinajstić information content (AvgIpc) is 2.91. The molecule has 2 rings (SSSR count). The first kappa shape index (κ1) is 15.6. The maximum atomic E-state index is 12.0. The summed E-state index contributed by atoms with van der Waals surface area (Å²) in [7, 11) is -3.62. The van der Waals surface area contributed by atoms with E-state index >= 15 is 0 Å². The number of amides is 1. The van der Waals surface area contributed by atoms with Gasteiger partial charge in [0.25, 0.3) is 0 Å². The lowest BCUT2D eigenvalue weighted by atomic mass is 10.4. The van der Waals surface area contributed by atoms with Crippen molar-refractivity contribution in [3.63, 3.8) is 0 Å². The highest BCUT2D eigenvalue weighted by atomic mass is 79.9. The number of nitrogens with zero attached hydrogens (tertiary/aromatic N) is 2. The Hall–Kier alpha value is -1.78. The summed E-state index contributed by atoms with van der Waals surface area (Å²) < 4.78 is 27.1. The number of halogens is 1. The number of benzene rings is 1. The smallest absolute Gasteiger partial charge is 0.240 e. The molecule has 0 radical (unpaired) electrons. The predicted molar refractivity (Wildman–Crippen MR) is 79.0 cm³/mol. The number of anilines is 1. The molecule has 8 nitrogen and oxygen atoms in total. The number of aromatic nitrogens is 3. The summed E-state index contributed by atoms with van der Waals surface area (Å²) in [6, 6.07) is 6.21. The van der Waals surface area contributed by atoms with Gasteiger partial charge in [0.1, 0.15) is 6.33 Å². The van der Waals surface area contributed by atoms with E-state index in [1.54, 1.807) is 12.1 Å². The van der Waals surface area contributed by atoms with E-state index in [0.29, 0.717) is 0 Å². The van der Waals surface area contributed by atoms with Gasteiger partial charge in [-0.05, 0) is 24.3 Å². The molecule has 1 amide bonds. The molecule has 0 bridgehead atoms. The number of sulfonamides is 1. The quantitative estimate of drug-likeness (QED) is 0.694. The third kappa shape index (κ3) is 4.62. The van der Waals surface area contributed by atoms with Crippen LogP contribution in [0.5, 0.6) is 0 Å². The lowest BCUT2D eigenvalue weighted by Gasteiger charge is -2.06. The van der Waals surface area contributed by atoms with Crippen molar-refractivity contribution in [1.82, 2.24) is 19.9 Å². The molecule has 1 aromatic heterocycles. The van der Waals surface area contributed by atoms with Crippen LogP contribution in [0.4, 0.5) is 5.95 Å². The molecule has 112 valence electrons. The van der Waals surface area contributed by atoms with Crippen LogP contribution in [-0.2, 0) is 14.8 Å². The van der Waals surface area contributed by atoms with Crippen molar-refractivity contribution in [3.8, 4) is 0 Å². The van der Waals surface area contributed by atoms with Gasteiger partial charge in [-0.3, -0.25) is 10.1 Å². The molecular weight excluding hydrogens is 362 g/mol. The average molecular weight is 374 g/mol. The van der Waals surface area contributed by atoms with E-state index < -0.39 is 10.0 Å². The lowest BCUT2D eigenvalue weighted by Crippen LogP contribution is -2.28. The van der Waals surface area contributed by atoms with Crippen LogP contribution in [0.2, 0.25) is 0 Å². The Morgan fingerprint density at radius 1 is 1.29 bits per heavy atom. The number of hydrogen-bond acceptors (Lipinski definition) is 5. The second-order valence-electron chi connectivity index (χ2n) is 3.98. The van der Waals surface area contributed by atoms with Crippen LogP contribution in [0.1, 0.15) is 6.42 Å². The van der Waals surface area contributed by atoms with Gasteiger partial charge in [-0.2, -0.15) is 10.1 Å². The van der Waals surface area contributed by atoms with Crippen LogP contribution in [-0.4, -0.2) is 36.1 Å². The van der Waals surface area contributed by atoms with Crippen LogP contribution >= 0.6 is 15.9 Å². The fourth-order valence-corrected chi connectivity index (χ4v) is 2.75. The van der Waals surface area contributed by atoms with Crippen molar-refractivity contribution in [1.29, 1.82) is 0 Å². The molecule has 21 heavy (non-hydrogen) atoms. The minimum atomic E-state index is -3.62. The van der Waals surface area contributed by atoms with E-state index in [0.717, 1.165) is 4.47 Å². The highest BCUT2D eigenvalue weighted by molar-refractivity contribution is 9.10. The Kier molecular flexibility index (Phi) is 5.04. The SMILES string of the molecule is O=C(CCNS(=O)(=O)c1ccc(Br)cc1)Nc1ncn[nH]1. The van der Waals surface area contributed by atoms with Crippen LogP contribution in [0.15, 0.2) is 40.0 Å². The molecule has 0 aliphatic heterocycles. The Morgan fingerprint density at radius 3 is 2.62 bits per heavy atom. The van der Waals surface area contributed by atoms with Crippen LogP contribution < -0.4 is 10.0 Å². The summed E-state index contributed by atoms with van der Waals surface area (Å²) in [5.74, 6) is -0.152. The number of nitrogens with one attached hydrogen (secondary N) is 3. The largest absolute Gasteiger partial charge is 0.295 e. The molecule has 0 fully saturated rings. The highest BCUT2D eigenvalue weighted by Crippen LogP contribution is 2.14. The molecular formula is C11H12BrN5O3S. The van der Waals surface area contributed by atoms with E-state index in [1.807, 2.05) is 0 Å². The van der Waals surface area contributed by atoms with Gasteiger partial charge in [-0.25, -0.2) is 18.2 Å². The number of H-pyrrole nitrogens is 1. The van der Waals surface area contributed by atoms with E-state index in [1.165, 1.54) is 18.5 Å². The molecule has 10 heteroatoms. The zero-order valence-corrected chi connectivity index (χ0v) is 13.1. The number of aromatic amines is 1. The molecule has 0 saturated carbocycles. The summed E-state index contributed by atoms with van der Waals surface area (Å²) in [5.41, 5.74) is 0. The molecule has 2 aromatic rings. The van der Waals surface area contributed by atoms with E-state index in [-0.39, 0.29) is 29.7 Å². The predicted octanol–water partition coefficient (Wildman–Crippen LogP) is 0.874. The molecule has 0 atom stereocenters. The van der Waals surface area contributed by atoms with Crippen molar-refractivity contribution in [2.24, 2.45) is 0 Å². The minimum Gasteiger partial charge on any atom is -0.295 e. The number of rotatable bonds is 6. The summed E-state index contributed by atoms with van der Waals surface area (Å²) in [6.45, 7) is -0.0155. The van der Waals surface area contributed by atoms with E-state index in [2.05, 4.69) is 41.2 Å². The monoisotopic (exact) mass is 373 g/mol. The van der Waals surface area contributed by atoms with Gasteiger partial charge in [0, 0.05) is 17.4 Å². The van der Waals surface area contributed by atoms with Crippen molar-refractivity contribution in [3.05, 3.63) is 35.1 Å². The van der Waals surface area contributed by atoms with Crippen molar-refractivity contribution >= 4 is 37.8 Å². The molecule has 3 N–H and O–H groups in total. The van der Waals surface area contributed by atoms with E-state index in [9.17, 15) is 13.2 Å². The zero-order chi connectivity index (χ0) is 15.3. The summed E-state index contributed by atoms with van der Waals surface area (Å²) >= 11 is 3.23. The third-order valence-corrected chi connectivity index (χ3v) is 4.45. The highest BCUT2D eigenvalue weighted by Gasteiger charge is 2.14. The third-order valence-electron chi connectivity index (χ3n) is 2.44. The fraction of sp³-hybridized carbons (Fsp3) is 0.182. The minimum absolute atomic E-state index is 0.0155. The first-order valence-corrected chi connectivity index (χ1v) is 8.15. The van der Waals surface area contributed by atoms with Crippen LogP contribution in [0.25, 0.3) is 0 Å². The topological polar surface area (TPSA) is 117 Å². The maximum Gasteiger partial charge on any atom is 0.240 e. The van der Waals surface area contributed by atoms with Crippen molar-refractivity contribution < 1.29 is 13.2 Å². The van der Waals surface area contributed by atoms with Gasteiger partial charge in [0.05, 0.1) is 4.90 Å². The van der Waals surface area contributed by atoms with Crippen molar-refractivity contribution in [2.45, 2.75) is 11.3 Å². The van der Waals surface area contributed by atoms with E-state index in [4.69, 9.17) is 0 Å². The standard InChI is InChI=1S/C11H12BrN5O3S/c12-8-1-3-9(4-2-8)21(19,20)15-6-5-10(18)16-11-13-7-14-17-11/h1-4,7,15H,5-6H2,(H2,13,14,16,17,18). The molecule has 0 aliphatic carbocycles. The number of hydrogen-bond donors (Lipinski definition) is 3.